The van der Waals surface area contributed by atoms with Crippen molar-refractivity contribution in [2.75, 3.05) is 37.0 Å². The summed E-state index contributed by atoms with van der Waals surface area (Å²) in [6.45, 7) is 6.77. The summed E-state index contributed by atoms with van der Waals surface area (Å²) >= 11 is 0. The van der Waals surface area contributed by atoms with Crippen LogP contribution in [0.3, 0.4) is 0 Å². The molecule has 6 nitrogen and oxygen atoms in total. The van der Waals surface area contributed by atoms with Gasteiger partial charge in [-0.3, -0.25) is 0 Å². The Morgan fingerprint density at radius 1 is 1.03 bits per heavy atom. The predicted octanol–water partition coefficient (Wildman–Crippen LogP) is 3.61. The third kappa shape index (κ3) is 3.50. The van der Waals surface area contributed by atoms with Crippen LogP contribution >= 0.6 is 0 Å². The van der Waals surface area contributed by atoms with Crippen molar-refractivity contribution in [1.82, 2.24) is 4.00 Å². The first-order valence-corrected chi connectivity index (χ1v) is 11.5. The van der Waals surface area contributed by atoms with E-state index in [0.717, 1.165) is 43.1 Å². The van der Waals surface area contributed by atoms with Gasteiger partial charge in [-0.25, -0.2) is 0 Å². The van der Waals surface area contributed by atoms with Crippen molar-refractivity contribution >= 4 is 32.7 Å². The lowest BCUT2D eigenvalue weighted by Crippen LogP contribution is -2.44. The normalized spacial score (nSPS) is 22.3. The van der Waals surface area contributed by atoms with Gasteiger partial charge in [0.05, 0.1) is 18.8 Å². The average Bonchev–Trinajstić information content (AvgIpc) is 3.14. The van der Waals surface area contributed by atoms with Crippen molar-refractivity contribution in [2.24, 2.45) is 5.10 Å². The van der Waals surface area contributed by atoms with E-state index in [1.54, 1.807) is 13.1 Å². The van der Waals surface area contributed by atoms with E-state index in [4.69, 9.17) is 4.74 Å². The van der Waals surface area contributed by atoms with Crippen LogP contribution in [-0.2, 0) is 14.8 Å². The molecule has 4 rings (SSSR count). The first-order valence-electron chi connectivity index (χ1n) is 9.87. The summed E-state index contributed by atoms with van der Waals surface area (Å²) in [5.74, 6) is -0.00156. The number of allylic oxidation sites excluding steroid dienone is 1. The van der Waals surface area contributed by atoms with Gasteiger partial charge >= 0.3 is 10.0 Å². The fraction of sp³-hybridized carbons (Fsp3) is 0.318. The molecule has 1 saturated heterocycles. The molecular weight excluding hydrogens is 386 g/mol. The Balaban J connectivity index is 1.75. The molecular formula is C22H26N3O3S+. The molecule has 1 fully saturated rings. The van der Waals surface area contributed by atoms with Crippen LogP contribution in [0.15, 0.2) is 65.9 Å². The smallest absolute Gasteiger partial charge is 0.330 e. The van der Waals surface area contributed by atoms with Crippen molar-refractivity contribution in [2.45, 2.75) is 13.8 Å². The molecule has 2 heterocycles. The number of para-hydroxylation sites is 1. The van der Waals surface area contributed by atoms with Crippen molar-refractivity contribution < 1.29 is 13.2 Å². The number of hydrogen-bond donors (Lipinski definition) is 0. The lowest BCUT2D eigenvalue weighted by molar-refractivity contribution is 0.122. The molecule has 0 aromatic heterocycles. The van der Waals surface area contributed by atoms with Gasteiger partial charge in [0.2, 0.25) is 0 Å². The van der Waals surface area contributed by atoms with Gasteiger partial charge < -0.3 is 9.64 Å². The van der Waals surface area contributed by atoms with E-state index in [1.165, 1.54) is 0 Å². The molecule has 2 aliphatic heterocycles. The summed E-state index contributed by atoms with van der Waals surface area (Å²) in [6, 6.07) is 17.4. The number of nitrogens with zero attached hydrogens (tertiary/aromatic N) is 3. The minimum Gasteiger partial charge on any atom is -0.378 e. The molecule has 2 aromatic rings. The average molecular weight is 413 g/mol. The van der Waals surface area contributed by atoms with Crippen molar-refractivity contribution in [1.29, 1.82) is 0 Å². The zero-order chi connectivity index (χ0) is 20.5. The highest BCUT2D eigenvalue weighted by molar-refractivity contribution is 7.91. The van der Waals surface area contributed by atoms with Gasteiger partial charge in [-0.1, -0.05) is 35.4 Å². The first kappa shape index (κ1) is 19.8. The summed E-state index contributed by atoms with van der Waals surface area (Å²) in [6.07, 6.45) is 1.76. The number of ether oxygens (including phenoxy) is 1. The Kier molecular flexibility index (Phi) is 5.29. The molecule has 7 heteroatoms. The highest BCUT2D eigenvalue weighted by Crippen LogP contribution is 2.38. The third-order valence-corrected chi connectivity index (χ3v) is 7.44. The van der Waals surface area contributed by atoms with Gasteiger partial charge in [-0.05, 0) is 35.5 Å². The highest BCUT2D eigenvalue weighted by Gasteiger charge is 2.47. The van der Waals surface area contributed by atoms with Crippen LogP contribution in [-0.4, -0.2) is 46.2 Å². The molecule has 0 radical (unpaired) electrons. The second-order valence-corrected chi connectivity index (χ2v) is 9.50. The summed E-state index contributed by atoms with van der Waals surface area (Å²) in [5, 5.41) is 4.65. The fourth-order valence-electron chi connectivity index (χ4n) is 3.80. The number of morpholine rings is 1. The lowest BCUT2D eigenvalue weighted by atomic mass is 10.0. The Morgan fingerprint density at radius 2 is 1.69 bits per heavy atom. The zero-order valence-corrected chi connectivity index (χ0v) is 17.6. The number of hydrogen-bond acceptors (Lipinski definition) is 5. The summed E-state index contributed by atoms with van der Waals surface area (Å²) in [5.41, 5.74) is 4.29. The number of benzene rings is 2. The molecule has 2 aliphatic rings. The van der Waals surface area contributed by atoms with Crippen molar-refractivity contribution in [3.8, 4) is 0 Å². The molecule has 1 atom stereocenters. The second kappa shape index (κ2) is 7.74. The molecule has 0 N–H and O–H groups in total. The maximum absolute atomic E-state index is 13.1. The van der Waals surface area contributed by atoms with E-state index >= 15 is 0 Å². The molecule has 0 aliphatic carbocycles. The van der Waals surface area contributed by atoms with E-state index in [2.05, 4.69) is 22.1 Å². The Labute approximate surface area is 172 Å². The quantitative estimate of drug-likeness (QED) is 0.704. The van der Waals surface area contributed by atoms with Crippen LogP contribution in [0.2, 0.25) is 0 Å². The SMILES string of the molecule is CCS(=O)(=O)[N+]1(c2ccccc2)C=C(c2ccc(N3CCOCC3)cc2)C(C)=N1. The molecule has 2 aromatic carbocycles. The fourth-order valence-corrected chi connectivity index (χ4v) is 5.15. The molecule has 0 spiro atoms. The van der Waals surface area contributed by atoms with Gasteiger partial charge in [-0.15, -0.1) is 0 Å². The molecule has 1 unspecified atom stereocenters. The predicted molar refractivity (Wildman–Crippen MR) is 118 cm³/mol. The highest BCUT2D eigenvalue weighted by atomic mass is 32.2. The van der Waals surface area contributed by atoms with E-state index < -0.39 is 14.0 Å². The van der Waals surface area contributed by atoms with Crippen LogP contribution < -0.4 is 8.90 Å². The second-order valence-electron chi connectivity index (χ2n) is 7.20. The molecule has 0 bridgehead atoms. The number of anilines is 1. The first-order chi connectivity index (χ1) is 14.0. The molecule has 152 valence electrons. The summed E-state index contributed by atoms with van der Waals surface area (Å²) < 4.78 is 31.1. The van der Waals surface area contributed by atoms with Crippen molar-refractivity contribution in [3.05, 3.63) is 66.4 Å². The molecule has 29 heavy (non-hydrogen) atoms. The van der Waals surface area contributed by atoms with Gasteiger partial charge in [-0.2, -0.15) is 8.42 Å². The van der Waals surface area contributed by atoms with Crippen LogP contribution in [0.5, 0.6) is 0 Å². The Hall–Kier alpha value is -2.48. The minimum atomic E-state index is -3.56. The topological polar surface area (TPSA) is 59.0 Å². The van der Waals surface area contributed by atoms with E-state index in [0.29, 0.717) is 11.4 Å². The summed E-state index contributed by atoms with van der Waals surface area (Å²) in [4.78, 5) is 2.29. The Bertz CT molecular complexity index is 1040. The van der Waals surface area contributed by atoms with Crippen LogP contribution in [0.1, 0.15) is 19.4 Å². The molecule has 0 amide bonds. The minimum absolute atomic E-state index is 0.00156. The summed E-state index contributed by atoms with van der Waals surface area (Å²) in [7, 11) is -3.56. The van der Waals surface area contributed by atoms with Gasteiger partial charge in [0.15, 0.2) is 11.9 Å². The Morgan fingerprint density at radius 3 is 2.31 bits per heavy atom. The monoisotopic (exact) mass is 412 g/mol. The zero-order valence-electron chi connectivity index (χ0n) is 16.8. The van der Waals surface area contributed by atoms with E-state index in [1.807, 2.05) is 49.4 Å². The third-order valence-electron chi connectivity index (χ3n) is 5.46. The van der Waals surface area contributed by atoms with E-state index in [-0.39, 0.29) is 5.75 Å². The molecule has 0 saturated carbocycles. The van der Waals surface area contributed by atoms with Gasteiger partial charge in [0.1, 0.15) is 11.5 Å². The number of rotatable bonds is 5. The lowest BCUT2D eigenvalue weighted by Gasteiger charge is -2.28. The maximum atomic E-state index is 13.1. The maximum Gasteiger partial charge on any atom is 0.330 e. The largest absolute Gasteiger partial charge is 0.378 e. The number of sulfonamides is 1. The van der Waals surface area contributed by atoms with Gasteiger partial charge in [0.25, 0.3) is 0 Å². The number of quaternary nitrogens is 1. The van der Waals surface area contributed by atoms with Gasteiger partial charge in [0, 0.05) is 30.9 Å². The van der Waals surface area contributed by atoms with Crippen LogP contribution in [0.4, 0.5) is 11.4 Å². The van der Waals surface area contributed by atoms with E-state index in [9.17, 15) is 8.42 Å². The standard InChI is InChI=1S/C22H26N3O3S/c1-3-29(26,27)25(21-7-5-4-6-8-21)17-22(18(2)23-25)19-9-11-20(12-10-19)24-13-15-28-16-14-24/h4-12,17H,3,13-16H2,1-2H3/q+1. The van der Waals surface area contributed by atoms with Crippen LogP contribution in [0, 0.1) is 0 Å². The van der Waals surface area contributed by atoms with Crippen LogP contribution in [0.25, 0.3) is 5.57 Å². The van der Waals surface area contributed by atoms with Crippen molar-refractivity contribution in [3.63, 3.8) is 0 Å².